The molecule has 0 aromatic heterocycles. The lowest BCUT2D eigenvalue weighted by Crippen LogP contribution is -2.64. The third-order valence-electron chi connectivity index (χ3n) is 5.09. The number of benzene rings is 1. The van der Waals surface area contributed by atoms with Gasteiger partial charge in [-0.1, -0.05) is 0 Å². The van der Waals surface area contributed by atoms with Crippen LogP contribution in [0.5, 0.6) is 5.75 Å². The van der Waals surface area contributed by atoms with Crippen molar-refractivity contribution in [3.8, 4) is 5.75 Å². The molecule has 2 rings (SSSR count). The van der Waals surface area contributed by atoms with Gasteiger partial charge in [-0.25, -0.2) is 14.4 Å². The van der Waals surface area contributed by atoms with Gasteiger partial charge in [0.15, 0.2) is 0 Å². The SMILES string of the molecule is CC(=O)N[C@H]1[C@H]([C@H](O)[C@H](O)COc2ccc(C(=O)O)cc2)OC(C(=O)O)=C[C@@H]1NC(=O)NCCC(=O)O. The first-order valence-corrected chi connectivity index (χ1v) is 10.9. The van der Waals surface area contributed by atoms with E-state index in [1.165, 1.54) is 24.3 Å². The first-order chi connectivity index (χ1) is 17.4. The Kier molecular flexibility index (Phi) is 10.2. The summed E-state index contributed by atoms with van der Waals surface area (Å²) in [6.07, 6.45) is -4.48. The zero-order chi connectivity index (χ0) is 27.7. The summed E-state index contributed by atoms with van der Waals surface area (Å²) in [6, 6.07) is 1.79. The minimum absolute atomic E-state index is 0.000198. The van der Waals surface area contributed by atoms with Crippen LogP contribution in [0, 0.1) is 0 Å². The molecular formula is C22H27N3O12. The predicted octanol–water partition coefficient (Wildman–Crippen LogP) is -1.50. The molecule has 0 spiro atoms. The molecule has 5 atom stereocenters. The van der Waals surface area contributed by atoms with Crippen molar-refractivity contribution in [2.75, 3.05) is 13.2 Å². The summed E-state index contributed by atoms with van der Waals surface area (Å²) in [5, 5.41) is 55.4. The van der Waals surface area contributed by atoms with E-state index in [-0.39, 0.29) is 24.3 Å². The highest BCUT2D eigenvalue weighted by Gasteiger charge is 2.44. The molecule has 3 amide bonds. The Morgan fingerprint density at radius 3 is 2.19 bits per heavy atom. The highest BCUT2D eigenvalue weighted by molar-refractivity contribution is 5.87. The summed E-state index contributed by atoms with van der Waals surface area (Å²) in [4.78, 5) is 57.2. The molecule has 0 bridgehead atoms. The van der Waals surface area contributed by atoms with Crippen molar-refractivity contribution >= 4 is 29.8 Å². The van der Waals surface area contributed by atoms with Crippen LogP contribution in [-0.2, 0) is 19.1 Å². The van der Waals surface area contributed by atoms with E-state index in [4.69, 9.17) is 19.7 Å². The second kappa shape index (κ2) is 13.1. The number of aliphatic hydroxyl groups is 2. The Hall–Kier alpha value is -4.37. The van der Waals surface area contributed by atoms with Gasteiger partial charge in [0.25, 0.3) is 0 Å². The van der Waals surface area contributed by atoms with Crippen LogP contribution in [0.1, 0.15) is 23.7 Å². The summed E-state index contributed by atoms with van der Waals surface area (Å²) in [7, 11) is 0. The summed E-state index contributed by atoms with van der Waals surface area (Å²) in [6.45, 7) is 0.366. The average molecular weight is 525 g/mol. The molecule has 0 radical (unpaired) electrons. The maximum atomic E-state index is 12.2. The minimum atomic E-state index is -1.84. The first kappa shape index (κ1) is 28.9. The van der Waals surface area contributed by atoms with Gasteiger partial charge in [0.1, 0.15) is 30.7 Å². The highest BCUT2D eigenvalue weighted by atomic mass is 16.5. The second-order valence-electron chi connectivity index (χ2n) is 7.91. The number of hydrogen-bond donors (Lipinski definition) is 8. The lowest BCUT2D eigenvalue weighted by Gasteiger charge is -2.40. The van der Waals surface area contributed by atoms with E-state index in [1.54, 1.807) is 0 Å². The van der Waals surface area contributed by atoms with Gasteiger partial charge in [0, 0.05) is 13.5 Å². The van der Waals surface area contributed by atoms with Crippen molar-refractivity contribution < 1.29 is 59.0 Å². The van der Waals surface area contributed by atoms with Crippen LogP contribution in [0.25, 0.3) is 0 Å². The molecule has 1 aromatic carbocycles. The fourth-order valence-electron chi connectivity index (χ4n) is 3.35. The lowest BCUT2D eigenvalue weighted by atomic mass is 9.92. The monoisotopic (exact) mass is 525 g/mol. The molecule has 0 fully saturated rings. The Morgan fingerprint density at radius 1 is 1.00 bits per heavy atom. The number of ether oxygens (including phenoxy) is 2. The molecule has 15 nitrogen and oxygen atoms in total. The molecule has 0 saturated heterocycles. The number of carbonyl (C=O) groups excluding carboxylic acids is 2. The van der Waals surface area contributed by atoms with Crippen molar-refractivity contribution in [2.24, 2.45) is 0 Å². The summed E-state index contributed by atoms with van der Waals surface area (Å²) in [5.41, 5.74) is 0.000198. The van der Waals surface area contributed by atoms with E-state index in [1.807, 2.05) is 0 Å². The number of urea groups is 1. The fraction of sp³-hybridized carbons (Fsp3) is 0.409. The van der Waals surface area contributed by atoms with E-state index in [9.17, 15) is 39.3 Å². The van der Waals surface area contributed by atoms with Gasteiger partial charge in [-0.2, -0.15) is 0 Å². The molecule has 37 heavy (non-hydrogen) atoms. The van der Waals surface area contributed by atoms with Crippen LogP contribution in [0.4, 0.5) is 4.79 Å². The lowest BCUT2D eigenvalue weighted by molar-refractivity contribution is -0.146. The number of rotatable bonds is 12. The van der Waals surface area contributed by atoms with Gasteiger partial charge in [-0.05, 0) is 30.3 Å². The number of carboxylic acids is 3. The number of nitrogens with one attached hydrogen (secondary N) is 3. The van der Waals surface area contributed by atoms with Gasteiger partial charge in [0.05, 0.1) is 24.1 Å². The largest absolute Gasteiger partial charge is 0.491 e. The summed E-state index contributed by atoms with van der Waals surface area (Å²) < 4.78 is 10.7. The van der Waals surface area contributed by atoms with E-state index in [0.717, 1.165) is 13.0 Å². The van der Waals surface area contributed by atoms with Crippen molar-refractivity contribution in [2.45, 2.75) is 43.7 Å². The van der Waals surface area contributed by atoms with Gasteiger partial charge in [-0.3, -0.25) is 9.59 Å². The van der Waals surface area contributed by atoms with Crippen LogP contribution in [0.2, 0.25) is 0 Å². The Balaban J connectivity index is 2.18. The van der Waals surface area contributed by atoms with Crippen LogP contribution in [0.3, 0.4) is 0 Å². The van der Waals surface area contributed by atoms with E-state index in [0.29, 0.717) is 0 Å². The number of carbonyl (C=O) groups is 5. The molecule has 15 heteroatoms. The molecule has 0 saturated carbocycles. The number of aliphatic hydroxyl groups excluding tert-OH is 2. The second-order valence-corrected chi connectivity index (χ2v) is 7.91. The van der Waals surface area contributed by atoms with Crippen LogP contribution >= 0.6 is 0 Å². The van der Waals surface area contributed by atoms with Gasteiger partial charge in [0.2, 0.25) is 11.7 Å². The smallest absolute Gasteiger partial charge is 0.370 e. The number of hydrogen-bond acceptors (Lipinski definition) is 9. The maximum absolute atomic E-state index is 12.2. The van der Waals surface area contributed by atoms with Crippen LogP contribution in [0.15, 0.2) is 36.1 Å². The average Bonchev–Trinajstić information content (AvgIpc) is 2.82. The predicted molar refractivity (Wildman–Crippen MR) is 122 cm³/mol. The molecule has 8 N–H and O–H groups in total. The quantitative estimate of drug-likeness (QED) is 0.155. The fourth-order valence-corrected chi connectivity index (χ4v) is 3.35. The molecule has 1 aliphatic rings. The molecule has 0 unspecified atom stereocenters. The highest BCUT2D eigenvalue weighted by Crippen LogP contribution is 2.24. The molecule has 0 aliphatic carbocycles. The van der Waals surface area contributed by atoms with E-state index >= 15 is 0 Å². The third-order valence-corrected chi connectivity index (χ3v) is 5.09. The zero-order valence-electron chi connectivity index (χ0n) is 19.5. The van der Waals surface area contributed by atoms with Crippen molar-refractivity contribution in [3.05, 3.63) is 41.7 Å². The number of aliphatic carboxylic acids is 2. The third kappa shape index (κ3) is 8.66. The standard InChI is InChI=1S/C22H27N3O12/c1-10(26)24-17-13(25-22(35)23-7-6-16(28)29)8-15(21(33)34)37-19(17)18(30)14(27)9-36-12-4-2-11(3-5-12)20(31)32/h2-5,8,13-14,17-19,27,30H,6-7,9H2,1H3,(H,24,26)(H,28,29)(H,31,32)(H,33,34)(H2,23,25,35)/t13-,14+,17+,18+,19+/m0/s1. The molecule has 1 aromatic rings. The minimum Gasteiger partial charge on any atom is -0.491 e. The van der Waals surface area contributed by atoms with Crippen molar-refractivity contribution in [1.82, 2.24) is 16.0 Å². The van der Waals surface area contributed by atoms with E-state index < -0.39 is 72.6 Å². The van der Waals surface area contributed by atoms with Crippen LogP contribution in [-0.4, -0.2) is 98.9 Å². The number of carboxylic acid groups (broad SMARTS) is 3. The normalized spacial score (nSPS) is 20.3. The van der Waals surface area contributed by atoms with Gasteiger partial charge in [-0.15, -0.1) is 0 Å². The molecular weight excluding hydrogens is 498 g/mol. The summed E-state index contributed by atoms with van der Waals surface area (Å²) >= 11 is 0. The van der Waals surface area contributed by atoms with Crippen molar-refractivity contribution in [3.63, 3.8) is 0 Å². The van der Waals surface area contributed by atoms with Gasteiger partial charge >= 0.3 is 23.9 Å². The number of amides is 3. The van der Waals surface area contributed by atoms with E-state index in [2.05, 4.69) is 16.0 Å². The number of aromatic carboxylic acids is 1. The first-order valence-electron chi connectivity index (χ1n) is 10.9. The molecule has 1 aliphatic heterocycles. The zero-order valence-corrected chi connectivity index (χ0v) is 19.5. The Bertz CT molecular complexity index is 1040. The molecule has 202 valence electrons. The summed E-state index contributed by atoms with van der Waals surface area (Å²) in [5.74, 6) is -5.00. The maximum Gasteiger partial charge on any atom is 0.370 e. The molecule has 1 heterocycles. The van der Waals surface area contributed by atoms with Gasteiger partial charge < -0.3 is 51.0 Å². The Morgan fingerprint density at radius 2 is 1.65 bits per heavy atom. The topological polar surface area (TPSA) is 241 Å². The van der Waals surface area contributed by atoms with Crippen molar-refractivity contribution in [1.29, 1.82) is 0 Å². The Labute approximate surface area is 209 Å². The van der Waals surface area contributed by atoms with Crippen LogP contribution < -0.4 is 20.7 Å².